The largest absolute Gasteiger partial charge is 0.487 e. The molecular formula is C24H23ClN4O3. The molecule has 4 aromatic rings. The van der Waals surface area contributed by atoms with Gasteiger partial charge >= 0.3 is 0 Å². The summed E-state index contributed by atoms with van der Waals surface area (Å²) in [6.07, 6.45) is 3.26. The van der Waals surface area contributed by atoms with E-state index < -0.39 is 0 Å². The summed E-state index contributed by atoms with van der Waals surface area (Å²) in [7, 11) is 0. The number of hydrogen-bond acceptors (Lipinski definition) is 6. The van der Waals surface area contributed by atoms with Crippen LogP contribution in [0.1, 0.15) is 12.6 Å². The third-order valence-corrected chi connectivity index (χ3v) is 4.99. The van der Waals surface area contributed by atoms with E-state index in [2.05, 4.69) is 22.2 Å². The van der Waals surface area contributed by atoms with Crippen molar-refractivity contribution in [3.05, 3.63) is 88.1 Å². The fourth-order valence-corrected chi connectivity index (χ4v) is 3.25. The van der Waals surface area contributed by atoms with Gasteiger partial charge in [0.25, 0.3) is 5.56 Å². The number of halogens is 1. The second-order valence-electron chi connectivity index (χ2n) is 7.06. The van der Waals surface area contributed by atoms with Crippen LogP contribution in [-0.2, 0) is 6.61 Å². The Bertz CT molecular complexity index is 1260. The molecule has 0 bridgehead atoms. The van der Waals surface area contributed by atoms with Gasteiger partial charge in [-0.25, -0.2) is 4.98 Å². The molecule has 0 aliphatic heterocycles. The molecule has 0 radical (unpaired) electrons. The van der Waals surface area contributed by atoms with Crippen molar-refractivity contribution in [1.82, 2.24) is 19.9 Å². The van der Waals surface area contributed by atoms with Crippen LogP contribution in [0.3, 0.4) is 0 Å². The number of nitrogens with zero attached hydrogens (tertiary/aromatic N) is 3. The smallest absolute Gasteiger partial charge is 0.258 e. The quantitative estimate of drug-likeness (QED) is 0.388. The highest BCUT2D eigenvalue weighted by atomic mass is 35.5. The van der Waals surface area contributed by atoms with Gasteiger partial charge in [-0.15, -0.1) is 0 Å². The van der Waals surface area contributed by atoms with Crippen molar-refractivity contribution in [1.29, 1.82) is 0 Å². The van der Waals surface area contributed by atoms with E-state index in [1.165, 1.54) is 6.07 Å². The lowest BCUT2D eigenvalue weighted by Crippen LogP contribution is -2.20. The minimum atomic E-state index is -0.192. The first kappa shape index (κ1) is 21.8. The maximum atomic E-state index is 12.7. The van der Waals surface area contributed by atoms with Gasteiger partial charge in [-0.1, -0.05) is 18.5 Å². The number of fused-ring (bicyclic) bond motifs is 1. The highest BCUT2D eigenvalue weighted by Gasteiger charge is 2.06. The summed E-state index contributed by atoms with van der Waals surface area (Å²) in [6, 6.07) is 16.2. The molecule has 32 heavy (non-hydrogen) atoms. The molecule has 1 aromatic carbocycles. The van der Waals surface area contributed by atoms with Gasteiger partial charge in [0.05, 0.1) is 16.2 Å². The highest BCUT2D eigenvalue weighted by molar-refractivity contribution is 6.30. The zero-order valence-corrected chi connectivity index (χ0v) is 18.4. The number of hydrogen-bond donors (Lipinski definition) is 1. The van der Waals surface area contributed by atoms with Gasteiger partial charge in [-0.3, -0.25) is 14.3 Å². The minimum Gasteiger partial charge on any atom is -0.487 e. The Labute approximate surface area is 190 Å². The number of benzene rings is 1. The Balaban J connectivity index is 1.46. The zero-order chi connectivity index (χ0) is 22.3. The molecule has 0 spiro atoms. The van der Waals surface area contributed by atoms with E-state index in [1.807, 2.05) is 30.3 Å². The highest BCUT2D eigenvalue weighted by Crippen LogP contribution is 2.20. The Morgan fingerprint density at radius 1 is 1.06 bits per heavy atom. The van der Waals surface area contributed by atoms with Gasteiger partial charge in [-0.2, -0.15) is 0 Å². The monoisotopic (exact) mass is 450 g/mol. The molecule has 0 aliphatic rings. The Hall–Kier alpha value is -3.42. The van der Waals surface area contributed by atoms with Crippen LogP contribution in [0.5, 0.6) is 11.6 Å². The van der Waals surface area contributed by atoms with Gasteiger partial charge in [0, 0.05) is 42.1 Å². The summed E-state index contributed by atoms with van der Waals surface area (Å²) in [5.74, 6) is 1.06. The normalized spacial score (nSPS) is 10.9. The van der Waals surface area contributed by atoms with Crippen LogP contribution >= 0.6 is 11.6 Å². The molecule has 1 N–H and O–H groups in total. The summed E-state index contributed by atoms with van der Waals surface area (Å²) in [4.78, 5) is 21.4. The number of rotatable bonds is 9. The number of nitrogens with one attached hydrogen (secondary N) is 1. The summed E-state index contributed by atoms with van der Waals surface area (Å²) >= 11 is 5.84. The molecular weight excluding hydrogens is 428 g/mol. The number of likely N-dealkylation sites (N-methyl/N-ethyl adjacent to an activating group) is 1. The molecule has 0 atom stereocenters. The van der Waals surface area contributed by atoms with E-state index in [1.54, 1.807) is 35.2 Å². The molecule has 0 amide bonds. The SMILES string of the molecule is CCNCCOc1ccc2cc(-n3ccc(OCc4ccc(Cl)cn4)cc3=O)ccc2n1. The lowest BCUT2D eigenvalue weighted by atomic mass is 10.2. The molecule has 0 saturated carbocycles. The summed E-state index contributed by atoms with van der Waals surface area (Å²) in [6.45, 7) is 4.54. The van der Waals surface area contributed by atoms with Crippen LogP contribution < -0.4 is 20.3 Å². The first-order valence-electron chi connectivity index (χ1n) is 10.3. The van der Waals surface area contributed by atoms with E-state index in [9.17, 15) is 4.79 Å². The molecule has 0 aliphatic carbocycles. The van der Waals surface area contributed by atoms with Crippen LogP contribution in [-0.4, -0.2) is 34.2 Å². The van der Waals surface area contributed by atoms with Crippen LogP contribution in [0, 0.1) is 0 Å². The molecule has 0 unspecified atom stereocenters. The van der Waals surface area contributed by atoms with Crippen LogP contribution in [0.4, 0.5) is 0 Å². The third-order valence-electron chi connectivity index (χ3n) is 4.77. The molecule has 0 fully saturated rings. The number of ether oxygens (including phenoxy) is 2. The van der Waals surface area contributed by atoms with Gasteiger partial charge in [-0.05, 0) is 49.0 Å². The van der Waals surface area contributed by atoms with Crippen molar-refractivity contribution in [2.24, 2.45) is 0 Å². The maximum absolute atomic E-state index is 12.7. The second-order valence-corrected chi connectivity index (χ2v) is 7.49. The molecule has 3 heterocycles. The van der Waals surface area contributed by atoms with Crippen molar-refractivity contribution >= 4 is 22.5 Å². The first-order valence-corrected chi connectivity index (χ1v) is 10.7. The van der Waals surface area contributed by atoms with Gasteiger partial charge in [0.2, 0.25) is 5.88 Å². The molecule has 164 valence electrons. The Kier molecular flexibility index (Phi) is 6.99. The third kappa shape index (κ3) is 5.43. The molecule has 7 nitrogen and oxygen atoms in total. The van der Waals surface area contributed by atoms with Gasteiger partial charge in [0.1, 0.15) is 19.0 Å². The van der Waals surface area contributed by atoms with Crippen LogP contribution in [0.15, 0.2) is 71.8 Å². The van der Waals surface area contributed by atoms with Gasteiger partial charge < -0.3 is 14.8 Å². The predicted molar refractivity (Wildman–Crippen MR) is 125 cm³/mol. The lowest BCUT2D eigenvalue weighted by molar-refractivity contribution is 0.300. The fourth-order valence-electron chi connectivity index (χ4n) is 3.14. The standard InChI is InChI=1S/C24H23ClN4O3/c1-2-26-10-12-31-23-8-3-17-13-20(6-7-22(17)28-23)29-11-9-21(14-24(29)30)32-16-19-5-4-18(25)15-27-19/h3-9,11,13-15,26H,2,10,12,16H2,1H3. The van der Waals surface area contributed by atoms with E-state index >= 15 is 0 Å². The van der Waals surface area contributed by atoms with E-state index in [0.29, 0.717) is 23.3 Å². The van der Waals surface area contributed by atoms with E-state index in [4.69, 9.17) is 21.1 Å². The summed E-state index contributed by atoms with van der Waals surface area (Å²) < 4.78 is 12.9. The second kappa shape index (κ2) is 10.3. The van der Waals surface area contributed by atoms with Crippen LogP contribution in [0.25, 0.3) is 16.6 Å². The molecule has 8 heteroatoms. The fraction of sp³-hybridized carbons (Fsp3) is 0.208. The van der Waals surface area contributed by atoms with Crippen molar-refractivity contribution in [3.63, 3.8) is 0 Å². The topological polar surface area (TPSA) is 78.3 Å². The van der Waals surface area contributed by atoms with Gasteiger partial charge in [0.15, 0.2) is 0 Å². The molecule has 3 aromatic heterocycles. The summed E-state index contributed by atoms with van der Waals surface area (Å²) in [5, 5.41) is 4.69. The van der Waals surface area contributed by atoms with Crippen molar-refractivity contribution in [3.8, 4) is 17.3 Å². The predicted octanol–water partition coefficient (Wildman–Crippen LogP) is 4.00. The zero-order valence-electron chi connectivity index (χ0n) is 17.6. The van der Waals surface area contributed by atoms with Crippen molar-refractivity contribution < 1.29 is 9.47 Å². The first-order chi connectivity index (χ1) is 15.6. The van der Waals surface area contributed by atoms with Crippen molar-refractivity contribution in [2.75, 3.05) is 19.7 Å². The number of pyridine rings is 3. The maximum Gasteiger partial charge on any atom is 0.258 e. The van der Waals surface area contributed by atoms with Crippen LogP contribution in [0.2, 0.25) is 5.02 Å². The van der Waals surface area contributed by atoms with E-state index in [0.717, 1.165) is 35.4 Å². The van der Waals surface area contributed by atoms with E-state index in [-0.39, 0.29) is 12.2 Å². The lowest BCUT2D eigenvalue weighted by Gasteiger charge is -2.10. The molecule has 4 rings (SSSR count). The summed E-state index contributed by atoms with van der Waals surface area (Å²) in [5.41, 5.74) is 2.09. The average Bonchev–Trinajstić information content (AvgIpc) is 2.81. The Morgan fingerprint density at radius 3 is 2.75 bits per heavy atom. The van der Waals surface area contributed by atoms with Crippen molar-refractivity contribution in [2.45, 2.75) is 13.5 Å². The number of aromatic nitrogens is 3. The average molecular weight is 451 g/mol. The molecule has 0 saturated heterocycles. The Morgan fingerprint density at radius 2 is 1.97 bits per heavy atom. The minimum absolute atomic E-state index is 0.192.